The second-order valence-electron chi connectivity index (χ2n) is 6.73. The summed E-state index contributed by atoms with van der Waals surface area (Å²) in [5.41, 5.74) is 0.784. The second-order valence-corrected chi connectivity index (χ2v) is 7.16. The van der Waals surface area contributed by atoms with Gasteiger partial charge >= 0.3 is 0 Å². The number of halogens is 2. The van der Waals surface area contributed by atoms with Gasteiger partial charge in [0.05, 0.1) is 12.1 Å². The number of piperazine rings is 1. The first-order chi connectivity index (χ1) is 11.8. The van der Waals surface area contributed by atoms with E-state index in [9.17, 15) is 4.79 Å². The monoisotopic (exact) mass is 494 g/mol. The molecule has 1 aromatic carbocycles. The fourth-order valence-corrected chi connectivity index (χ4v) is 2.69. The SMILES string of the molecule is CN=C(NCC(C)(C)OC)N1CCN(Cc2ccc(Cl)cc2)C(=O)C1.I. The predicted molar refractivity (Wildman–Crippen MR) is 116 cm³/mol. The minimum absolute atomic E-state index is 0. The largest absolute Gasteiger partial charge is 0.377 e. The average molecular weight is 495 g/mol. The van der Waals surface area contributed by atoms with E-state index >= 15 is 0 Å². The molecular weight excluding hydrogens is 467 g/mol. The van der Waals surface area contributed by atoms with Crippen molar-refractivity contribution in [3.8, 4) is 0 Å². The summed E-state index contributed by atoms with van der Waals surface area (Å²) >= 11 is 5.91. The molecule has 1 heterocycles. The summed E-state index contributed by atoms with van der Waals surface area (Å²) in [6, 6.07) is 7.60. The van der Waals surface area contributed by atoms with Crippen molar-refractivity contribution in [2.24, 2.45) is 4.99 Å². The highest BCUT2D eigenvalue weighted by molar-refractivity contribution is 14.0. The molecule has 0 aromatic heterocycles. The number of methoxy groups -OCH3 is 1. The standard InChI is InChI=1S/C18H27ClN4O2.HI/c1-18(2,25-4)13-21-17(20-3)23-10-9-22(16(24)12-23)11-14-5-7-15(19)8-6-14;/h5-8H,9-13H2,1-4H3,(H,20,21);1H. The van der Waals surface area contributed by atoms with E-state index in [-0.39, 0.29) is 35.5 Å². The molecule has 1 aromatic rings. The van der Waals surface area contributed by atoms with Crippen LogP contribution in [-0.2, 0) is 16.1 Å². The zero-order valence-corrected chi connectivity index (χ0v) is 18.9. The highest BCUT2D eigenvalue weighted by atomic mass is 127. The first kappa shape index (κ1) is 23.0. The van der Waals surface area contributed by atoms with Gasteiger partial charge in [0.2, 0.25) is 5.91 Å². The van der Waals surface area contributed by atoms with Crippen LogP contribution in [0.2, 0.25) is 5.02 Å². The topological polar surface area (TPSA) is 57.2 Å². The van der Waals surface area contributed by atoms with Gasteiger partial charge in [0.1, 0.15) is 0 Å². The van der Waals surface area contributed by atoms with Crippen molar-refractivity contribution in [1.29, 1.82) is 0 Å². The molecule has 0 spiro atoms. The minimum atomic E-state index is -0.295. The van der Waals surface area contributed by atoms with Gasteiger partial charge in [0, 0.05) is 45.4 Å². The smallest absolute Gasteiger partial charge is 0.242 e. The number of hydrogen-bond donors (Lipinski definition) is 1. The lowest BCUT2D eigenvalue weighted by Crippen LogP contribution is -2.56. The maximum Gasteiger partial charge on any atom is 0.242 e. The summed E-state index contributed by atoms with van der Waals surface area (Å²) in [5.74, 6) is 0.819. The molecule has 26 heavy (non-hydrogen) atoms. The number of hydrogen-bond acceptors (Lipinski definition) is 3. The molecule has 0 aliphatic carbocycles. The summed E-state index contributed by atoms with van der Waals surface area (Å²) in [6.45, 7) is 6.95. The van der Waals surface area contributed by atoms with Crippen LogP contribution in [-0.4, -0.2) is 67.6 Å². The van der Waals surface area contributed by atoms with Crippen LogP contribution in [0, 0.1) is 0 Å². The van der Waals surface area contributed by atoms with Gasteiger partial charge < -0.3 is 19.9 Å². The average Bonchev–Trinajstić information content (AvgIpc) is 2.59. The normalized spacial score (nSPS) is 15.7. The van der Waals surface area contributed by atoms with Crippen LogP contribution in [0.15, 0.2) is 29.3 Å². The number of carbonyl (C=O) groups is 1. The third kappa shape index (κ3) is 6.59. The van der Waals surface area contributed by atoms with Gasteiger partial charge in [-0.05, 0) is 31.5 Å². The summed E-state index contributed by atoms with van der Waals surface area (Å²) in [4.78, 5) is 20.6. The molecule has 1 aliphatic rings. The Hall–Kier alpha value is -1.06. The number of nitrogens with one attached hydrogen (secondary N) is 1. The van der Waals surface area contributed by atoms with Crippen LogP contribution in [0.5, 0.6) is 0 Å². The van der Waals surface area contributed by atoms with Crippen molar-refractivity contribution in [1.82, 2.24) is 15.1 Å². The van der Waals surface area contributed by atoms with E-state index in [1.54, 1.807) is 14.2 Å². The summed E-state index contributed by atoms with van der Waals surface area (Å²) in [5, 5.41) is 3.99. The van der Waals surface area contributed by atoms with Gasteiger partial charge in [-0.2, -0.15) is 0 Å². The first-order valence-electron chi connectivity index (χ1n) is 8.37. The van der Waals surface area contributed by atoms with Crippen molar-refractivity contribution < 1.29 is 9.53 Å². The molecule has 146 valence electrons. The fourth-order valence-electron chi connectivity index (χ4n) is 2.56. The third-order valence-electron chi connectivity index (χ3n) is 4.34. The molecule has 1 saturated heterocycles. The van der Waals surface area contributed by atoms with Crippen LogP contribution in [0.25, 0.3) is 0 Å². The lowest BCUT2D eigenvalue weighted by Gasteiger charge is -2.37. The molecule has 2 rings (SSSR count). The Bertz CT molecular complexity index is 622. The van der Waals surface area contributed by atoms with Gasteiger partial charge in [0.25, 0.3) is 0 Å². The van der Waals surface area contributed by atoms with E-state index in [0.717, 1.165) is 18.1 Å². The van der Waals surface area contributed by atoms with Gasteiger partial charge in [-0.3, -0.25) is 9.79 Å². The molecule has 0 saturated carbocycles. The number of aliphatic imine (C=N–C) groups is 1. The molecule has 1 amide bonds. The molecule has 0 radical (unpaired) electrons. The molecule has 0 atom stereocenters. The Balaban J connectivity index is 0.00000338. The summed E-state index contributed by atoms with van der Waals surface area (Å²) in [7, 11) is 3.41. The molecule has 8 heteroatoms. The van der Waals surface area contributed by atoms with Crippen molar-refractivity contribution >= 4 is 47.4 Å². The van der Waals surface area contributed by atoms with Crippen LogP contribution in [0.3, 0.4) is 0 Å². The fraction of sp³-hybridized carbons (Fsp3) is 0.556. The Kier molecular flexibility index (Phi) is 9.12. The summed E-state index contributed by atoms with van der Waals surface area (Å²) < 4.78 is 5.41. The van der Waals surface area contributed by atoms with Gasteiger partial charge in [-0.15, -0.1) is 24.0 Å². The Morgan fingerprint density at radius 3 is 2.50 bits per heavy atom. The molecule has 6 nitrogen and oxygen atoms in total. The van der Waals surface area contributed by atoms with Crippen molar-refractivity contribution in [3.05, 3.63) is 34.9 Å². The number of guanidine groups is 1. The minimum Gasteiger partial charge on any atom is -0.377 e. The molecular formula is C18H28ClIN4O2. The Morgan fingerprint density at radius 1 is 1.31 bits per heavy atom. The second kappa shape index (κ2) is 10.3. The highest BCUT2D eigenvalue weighted by Crippen LogP contribution is 2.14. The van der Waals surface area contributed by atoms with Crippen LogP contribution in [0.4, 0.5) is 0 Å². The quantitative estimate of drug-likeness (QED) is 0.388. The van der Waals surface area contributed by atoms with Crippen molar-refractivity contribution in [3.63, 3.8) is 0 Å². The van der Waals surface area contributed by atoms with E-state index in [2.05, 4.69) is 10.3 Å². The van der Waals surface area contributed by atoms with E-state index in [1.807, 2.05) is 47.9 Å². The van der Waals surface area contributed by atoms with Crippen LogP contribution in [0.1, 0.15) is 19.4 Å². The van der Waals surface area contributed by atoms with E-state index in [0.29, 0.717) is 31.2 Å². The number of benzene rings is 1. The molecule has 1 N–H and O–H groups in total. The van der Waals surface area contributed by atoms with Crippen LogP contribution < -0.4 is 5.32 Å². The first-order valence-corrected chi connectivity index (χ1v) is 8.75. The molecule has 0 unspecified atom stereocenters. The van der Waals surface area contributed by atoms with Gasteiger partial charge in [-0.25, -0.2) is 0 Å². The summed E-state index contributed by atoms with van der Waals surface area (Å²) in [6.07, 6.45) is 0. The predicted octanol–water partition coefficient (Wildman–Crippen LogP) is 2.60. The van der Waals surface area contributed by atoms with E-state index in [4.69, 9.17) is 16.3 Å². The lowest BCUT2D eigenvalue weighted by molar-refractivity contribution is -0.135. The maximum absolute atomic E-state index is 12.5. The molecule has 1 fully saturated rings. The van der Waals surface area contributed by atoms with Crippen molar-refractivity contribution in [2.45, 2.75) is 26.0 Å². The molecule has 0 bridgehead atoms. The number of rotatable bonds is 5. The Labute approximate surface area is 177 Å². The maximum atomic E-state index is 12.5. The zero-order chi connectivity index (χ0) is 18.4. The number of ether oxygens (including phenoxy) is 1. The van der Waals surface area contributed by atoms with E-state index < -0.39 is 0 Å². The number of nitrogens with zero attached hydrogens (tertiary/aromatic N) is 3. The third-order valence-corrected chi connectivity index (χ3v) is 4.59. The van der Waals surface area contributed by atoms with Crippen LogP contribution >= 0.6 is 35.6 Å². The van der Waals surface area contributed by atoms with Crippen molar-refractivity contribution in [2.75, 3.05) is 40.3 Å². The van der Waals surface area contributed by atoms with Gasteiger partial charge in [-0.1, -0.05) is 23.7 Å². The van der Waals surface area contributed by atoms with E-state index in [1.165, 1.54) is 0 Å². The number of carbonyl (C=O) groups excluding carboxylic acids is 1. The molecule has 1 aliphatic heterocycles. The lowest BCUT2D eigenvalue weighted by atomic mass is 10.1. The number of amides is 1. The van der Waals surface area contributed by atoms with Gasteiger partial charge in [0.15, 0.2) is 5.96 Å². The highest BCUT2D eigenvalue weighted by Gasteiger charge is 2.27. The Morgan fingerprint density at radius 2 is 1.96 bits per heavy atom. The zero-order valence-electron chi connectivity index (χ0n) is 15.8.